The van der Waals surface area contributed by atoms with E-state index in [0.717, 1.165) is 30.0 Å². The number of aliphatic hydroxyl groups excluding tert-OH is 1. The van der Waals surface area contributed by atoms with Crippen LogP contribution in [0.5, 0.6) is 5.75 Å². The fourth-order valence-corrected chi connectivity index (χ4v) is 3.45. The third-order valence-electron chi connectivity index (χ3n) is 4.95. The second-order valence-electron chi connectivity index (χ2n) is 6.59. The van der Waals surface area contributed by atoms with Crippen molar-refractivity contribution in [2.75, 3.05) is 46.5 Å². The molecule has 0 spiro atoms. The molecule has 136 valence electrons. The summed E-state index contributed by atoms with van der Waals surface area (Å²) in [4.78, 5) is 16.6. The van der Waals surface area contributed by atoms with Crippen LogP contribution in [0.2, 0.25) is 0 Å². The van der Waals surface area contributed by atoms with Crippen molar-refractivity contribution in [2.24, 2.45) is 0 Å². The number of allylic oxidation sites excluding steroid dienone is 1. The number of hydrogen-bond donors (Lipinski definition) is 1. The van der Waals surface area contributed by atoms with Gasteiger partial charge in [0, 0.05) is 32.3 Å². The number of hydrogen-bond acceptors (Lipinski definition) is 5. The van der Waals surface area contributed by atoms with E-state index >= 15 is 0 Å². The minimum Gasteiger partial charge on any atom is -0.497 e. The molecule has 2 aliphatic rings. The summed E-state index contributed by atoms with van der Waals surface area (Å²) in [6.45, 7) is 5.84. The molecule has 0 aromatic heterocycles. The van der Waals surface area contributed by atoms with Crippen LogP contribution in [0, 0.1) is 0 Å². The van der Waals surface area contributed by atoms with Gasteiger partial charge in [0.25, 0.3) is 0 Å². The summed E-state index contributed by atoms with van der Waals surface area (Å²) in [5.41, 5.74) is 1.84. The van der Waals surface area contributed by atoms with Crippen molar-refractivity contribution < 1.29 is 19.4 Å². The van der Waals surface area contributed by atoms with E-state index in [9.17, 15) is 9.90 Å². The van der Waals surface area contributed by atoms with Crippen LogP contribution in [0.15, 0.2) is 30.3 Å². The molecule has 0 saturated carbocycles. The molecular weight excluding hydrogens is 320 g/mol. The number of nitrogens with zero attached hydrogens (tertiary/aromatic N) is 2. The Bertz CT molecular complexity index is 640. The maximum atomic E-state index is 12.6. The summed E-state index contributed by atoms with van der Waals surface area (Å²) in [6.07, 6.45) is 1.14. The van der Waals surface area contributed by atoms with Crippen molar-refractivity contribution in [3.05, 3.63) is 35.9 Å². The van der Waals surface area contributed by atoms with Gasteiger partial charge in [-0.2, -0.15) is 0 Å². The number of β-amino-alcohol motifs (C(OH)–C–C–N with tert-alkyl or cyclic N) is 1. The van der Waals surface area contributed by atoms with Gasteiger partial charge in [-0.3, -0.25) is 9.69 Å². The monoisotopic (exact) mass is 346 g/mol. The number of benzene rings is 1. The number of carbonyl (C=O) groups excluding carboxylic acids is 1. The molecule has 1 amide bonds. The largest absolute Gasteiger partial charge is 0.497 e. The van der Waals surface area contributed by atoms with Crippen LogP contribution >= 0.6 is 0 Å². The number of carbonyl (C=O) groups is 1. The molecule has 1 N–H and O–H groups in total. The van der Waals surface area contributed by atoms with E-state index in [1.54, 1.807) is 18.1 Å². The van der Waals surface area contributed by atoms with Crippen molar-refractivity contribution in [1.82, 2.24) is 9.80 Å². The summed E-state index contributed by atoms with van der Waals surface area (Å²) in [5.74, 6) is 0.705. The Hall–Kier alpha value is -1.89. The first-order valence-electron chi connectivity index (χ1n) is 8.70. The van der Waals surface area contributed by atoms with Crippen LogP contribution in [0.1, 0.15) is 12.5 Å². The summed E-state index contributed by atoms with van der Waals surface area (Å²) < 4.78 is 10.6. The van der Waals surface area contributed by atoms with Gasteiger partial charge in [-0.15, -0.1) is 0 Å². The minimum absolute atomic E-state index is 0.00150. The number of methoxy groups -OCH3 is 1. The first-order chi connectivity index (χ1) is 12.1. The van der Waals surface area contributed by atoms with Crippen LogP contribution in [-0.4, -0.2) is 79.5 Å². The summed E-state index contributed by atoms with van der Waals surface area (Å²) in [5, 5.41) is 10.4. The molecule has 6 heteroatoms. The average molecular weight is 346 g/mol. The molecule has 2 aliphatic heterocycles. The number of rotatable bonds is 4. The molecule has 2 heterocycles. The van der Waals surface area contributed by atoms with E-state index in [1.807, 2.05) is 31.2 Å². The Kier molecular flexibility index (Phi) is 5.73. The fourth-order valence-electron chi connectivity index (χ4n) is 3.45. The second-order valence-corrected chi connectivity index (χ2v) is 6.59. The molecule has 0 radical (unpaired) electrons. The lowest BCUT2D eigenvalue weighted by molar-refractivity contribution is -0.125. The lowest BCUT2D eigenvalue weighted by Gasteiger charge is -2.33. The maximum absolute atomic E-state index is 12.6. The number of morpholine rings is 1. The van der Waals surface area contributed by atoms with E-state index in [-0.39, 0.29) is 11.9 Å². The lowest BCUT2D eigenvalue weighted by Crippen LogP contribution is -2.49. The van der Waals surface area contributed by atoms with Gasteiger partial charge in [-0.1, -0.05) is 12.1 Å². The highest BCUT2D eigenvalue weighted by Crippen LogP contribution is 2.22. The molecule has 2 atom stereocenters. The second kappa shape index (κ2) is 7.99. The number of aliphatic hydroxyl groups is 1. The van der Waals surface area contributed by atoms with E-state index in [0.29, 0.717) is 26.3 Å². The zero-order valence-electron chi connectivity index (χ0n) is 14.9. The first kappa shape index (κ1) is 17.9. The molecule has 0 aliphatic carbocycles. The van der Waals surface area contributed by atoms with Gasteiger partial charge in [0.2, 0.25) is 5.91 Å². The van der Waals surface area contributed by atoms with Crippen LogP contribution in [-0.2, 0) is 9.53 Å². The Labute approximate surface area is 148 Å². The number of ether oxygens (including phenoxy) is 2. The highest BCUT2D eigenvalue weighted by Gasteiger charge is 2.37. The maximum Gasteiger partial charge on any atom is 0.246 e. The molecule has 25 heavy (non-hydrogen) atoms. The van der Waals surface area contributed by atoms with Crippen molar-refractivity contribution in [1.29, 1.82) is 0 Å². The van der Waals surface area contributed by atoms with Gasteiger partial charge < -0.3 is 19.5 Å². The highest BCUT2D eigenvalue weighted by atomic mass is 16.5. The van der Waals surface area contributed by atoms with Gasteiger partial charge in [0.15, 0.2) is 0 Å². The zero-order chi connectivity index (χ0) is 17.8. The Morgan fingerprint density at radius 3 is 2.80 bits per heavy atom. The van der Waals surface area contributed by atoms with E-state index in [2.05, 4.69) is 4.90 Å². The standard InChI is InChI=1S/C19H26N2O4/c1-14(15-4-3-5-16(11-15)24-2)10-19(23)21-12-17(18(22)13-21)20-6-8-25-9-7-20/h3-5,10-11,17-18,22H,6-9,12-13H2,1-2H3/b14-10+/t17-,18-/m1/s1. The third-order valence-corrected chi connectivity index (χ3v) is 4.95. The van der Waals surface area contributed by atoms with E-state index in [1.165, 1.54) is 0 Å². The van der Waals surface area contributed by atoms with Crippen molar-refractivity contribution in [2.45, 2.75) is 19.1 Å². The molecule has 1 aromatic rings. The van der Waals surface area contributed by atoms with Gasteiger partial charge in [-0.25, -0.2) is 0 Å². The van der Waals surface area contributed by atoms with E-state index < -0.39 is 6.10 Å². The predicted molar refractivity (Wildman–Crippen MR) is 95.4 cm³/mol. The smallest absolute Gasteiger partial charge is 0.246 e. The van der Waals surface area contributed by atoms with Crippen LogP contribution in [0.25, 0.3) is 5.57 Å². The molecular formula is C19H26N2O4. The molecule has 2 fully saturated rings. The third kappa shape index (κ3) is 4.21. The number of likely N-dealkylation sites (tertiary alicyclic amines) is 1. The van der Waals surface area contributed by atoms with Crippen molar-refractivity contribution in [3.63, 3.8) is 0 Å². The molecule has 0 unspecified atom stereocenters. The fraction of sp³-hybridized carbons (Fsp3) is 0.526. The zero-order valence-corrected chi connectivity index (χ0v) is 14.9. The predicted octanol–water partition coefficient (Wildman–Crippen LogP) is 1.00. The minimum atomic E-state index is -0.507. The van der Waals surface area contributed by atoms with E-state index in [4.69, 9.17) is 9.47 Å². The number of amides is 1. The SMILES string of the molecule is COc1cccc(/C(C)=C/C(=O)N2C[C@@H](O)[C@H](N3CCOCC3)C2)c1. The van der Waals surface area contributed by atoms with Crippen LogP contribution in [0.4, 0.5) is 0 Å². The summed E-state index contributed by atoms with van der Waals surface area (Å²) >= 11 is 0. The van der Waals surface area contributed by atoms with Crippen molar-refractivity contribution >= 4 is 11.5 Å². The molecule has 3 rings (SSSR count). The quantitative estimate of drug-likeness (QED) is 0.825. The van der Waals surface area contributed by atoms with Gasteiger partial charge in [0.1, 0.15) is 5.75 Å². The van der Waals surface area contributed by atoms with Crippen LogP contribution < -0.4 is 4.74 Å². The Balaban J connectivity index is 1.66. The molecule has 1 aromatic carbocycles. The van der Waals surface area contributed by atoms with Gasteiger partial charge >= 0.3 is 0 Å². The first-order valence-corrected chi connectivity index (χ1v) is 8.70. The molecule has 0 bridgehead atoms. The molecule has 2 saturated heterocycles. The van der Waals surface area contributed by atoms with Crippen molar-refractivity contribution in [3.8, 4) is 5.75 Å². The Morgan fingerprint density at radius 1 is 1.32 bits per heavy atom. The Morgan fingerprint density at radius 2 is 2.08 bits per heavy atom. The summed E-state index contributed by atoms with van der Waals surface area (Å²) in [6, 6.07) is 7.65. The lowest BCUT2D eigenvalue weighted by atomic mass is 10.1. The van der Waals surface area contributed by atoms with Gasteiger partial charge in [0.05, 0.1) is 32.5 Å². The topological polar surface area (TPSA) is 62.2 Å². The average Bonchev–Trinajstić information content (AvgIpc) is 3.04. The van der Waals surface area contributed by atoms with Gasteiger partial charge in [-0.05, 0) is 30.2 Å². The van der Waals surface area contributed by atoms with Crippen LogP contribution in [0.3, 0.4) is 0 Å². The highest BCUT2D eigenvalue weighted by molar-refractivity contribution is 5.95. The normalized spacial score (nSPS) is 25.2. The molecule has 6 nitrogen and oxygen atoms in total. The summed E-state index contributed by atoms with van der Waals surface area (Å²) in [7, 11) is 1.63.